The number of nitrogens with zero attached hydrogens (tertiary/aromatic N) is 3. The van der Waals surface area contributed by atoms with Gasteiger partial charge in [-0.1, -0.05) is 36.0 Å². The third kappa shape index (κ3) is 2.95. The molecule has 3 nitrogen and oxygen atoms in total. The summed E-state index contributed by atoms with van der Waals surface area (Å²) < 4.78 is 1.10. The van der Waals surface area contributed by atoms with E-state index in [0.29, 0.717) is 5.57 Å². The first-order valence-electron chi connectivity index (χ1n) is 8.02. The number of fused-ring (bicyclic) bond motifs is 2. The van der Waals surface area contributed by atoms with Gasteiger partial charge in [0.15, 0.2) is 0 Å². The number of thiazole rings is 1. The Labute approximate surface area is 154 Å². The van der Waals surface area contributed by atoms with E-state index in [1.807, 2.05) is 36.4 Å². The third-order valence-electron chi connectivity index (χ3n) is 3.99. The van der Waals surface area contributed by atoms with E-state index in [4.69, 9.17) is 0 Å². The summed E-state index contributed by atoms with van der Waals surface area (Å²) in [6.07, 6.45) is 3.91. The van der Waals surface area contributed by atoms with Crippen molar-refractivity contribution in [2.45, 2.75) is 11.8 Å². The number of hydrogen-bond acceptors (Lipinski definition) is 5. The van der Waals surface area contributed by atoms with Crippen LogP contribution in [0.3, 0.4) is 0 Å². The summed E-state index contributed by atoms with van der Waals surface area (Å²) in [4.78, 5) is 8.11. The van der Waals surface area contributed by atoms with Gasteiger partial charge in [0, 0.05) is 11.4 Å². The quantitative estimate of drug-likeness (QED) is 0.563. The highest BCUT2D eigenvalue weighted by atomic mass is 32.2. The molecule has 0 atom stereocenters. The van der Waals surface area contributed by atoms with Crippen LogP contribution < -0.4 is 4.90 Å². The van der Waals surface area contributed by atoms with Crippen LogP contribution in [0.5, 0.6) is 0 Å². The Balaban J connectivity index is 1.69. The number of hydrogen-bond donors (Lipinski definition) is 0. The number of aromatic nitrogens is 1. The Morgan fingerprint density at radius 2 is 2.00 bits per heavy atom. The zero-order valence-corrected chi connectivity index (χ0v) is 15.3. The van der Waals surface area contributed by atoms with Crippen molar-refractivity contribution in [1.29, 1.82) is 5.26 Å². The Morgan fingerprint density at radius 1 is 1.20 bits per heavy atom. The Morgan fingerprint density at radius 3 is 2.80 bits per heavy atom. The van der Waals surface area contributed by atoms with Crippen LogP contribution in [0.1, 0.15) is 11.9 Å². The molecular weight excluding hydrogens is 346 g/mol. The molecule has 5 heteroatoms. The van der Waals surface area contributed by atoms with Crippen molar-refractivity contribution in [2.75, 3.05) is 11.4 Å². The lowest BCUT2D eigenvalue weighted by atomic mass is 10.2. The number of anilines is 1. The molecule has 1 aromatic heterocycles. The second-order valence-electron chi connectivity index (χ2n) is 5.50. The van der Waals surface area contributed by atoms with Crippen LogP contribution in [0.15, 0.2) is 70.6 Å². The van der Waals surface area contributed by atoms with E-state index < -0.39 is 0 Å². The molecule has 25 heavy (non-hydrogen) atoms. The SMILES string of the molecule is CCN1/C(=C/C=C(\C#N)c2nc3ccccc3s2)Sc2ccccc21. The van der Waals surface area contributed by atoms with Crippen LogP contribution in [0, 0.1) is 11.3 Å². The maximum atomic E-state index is 9.57. The molecule has 2 heterocycles. The summed E-state index contributed by atoms with van der Waals surface area (Å²) in [6.45, 7) is 3.03. The Hall–Kier alpha value is -2.55. The van der Waals surface area contributed by atoms with Gasteiger partial charge in [-0.2, -0.15) is 5.26 Å². The fourth-order valence-electron chi connectivity index (χ4n) is 2.80. The maximum absolute atomic E-state index is 9.57. The molecule has 0 unspecified atom stereocenters. The van der Waals surface area contributed by atoms with Gasteiger partial charge in [-0.25, -0.2) is 4.98 Å². The number of para-hydroxylation sites is 2. The van der Waals surface area contributed by atoms with Gasteiger partial charge in [0.2, 0.25) is 0 Å². The first kappa shape index (κ1) is 15.9. The molecule has 0 spiro atoms. The lowest BCUT2D eigenvalue weighted by Gasteiger charge is -2.17. The highest BCUT2D eigenvalue weighted by Crippen LogP contribution is 2.45. The Kier molecular flexibility index (Phi) is 4.31. The van der Waals surface area contributed by atoms with Gasteiger partial charge in [0.05, 0.1) is 26.5 Å². The highest BCUT2D eigenvalue weighted by molar-refractivity contribution is 8.03. The molecule has 1 aliphatic heterocycles. The number of rotatable bonds is 3. The largest absolute Gasteiger partial charge is 0.335 e. The van der Waals surface area contributed by atoms with E-state index in [-0.39, 0.29) is 0 Å². The molecule has 2 aromatic carbocycles. The number of benzene rings is 2. The highest BCUT2D eigenvalue weighted by Gasteiger charge is 2.22. The van der Waals surface area contributed by atoms with Crippen molar-refractivity contribution in [3.63, 3.8) is 0 Å². The third-order valence-corrected chi connectivity index (χ3v) is 6.19. The molecule has 3 aromatic rings. The second kappa shape index (κ2) is 6.75. The molecule has 0 bridgehead atoms. The topological polar surface area (TPSA) is 39.9 Å². The summed E-state index contributed by atoms with van der Waals surface area (Å²) in [7, 11) is 0. The van der Waals surface area contributed by atoms with Crippen molar-refractivity contribution in [1.82, 2.24) is 4.98 Å². The van der Waals surface area contributed by atoms with Gasteiger partial charge in [0.25, 0.3) is 0 Å². The molecular formula is C20H15N3S2. The van der Waals surface area contributed by atoms with Crippen molar-refractivity contribution >= 4 is 44.6 Å². The fraction of sp³-hybridized carbons (Fsp3) is 0.100. The minimum absolute atomic E-state index is 0.598. The van der Waals surface area contributed by atoms with Crippen molar-refractivity contribution in [2.24, 2.45) is 0 Å². The summed E-state index contributed by atoms with van der Waals surface area (Å²) in [5.74, 6) is 0. The lowest BCUT2D eigenvalue weighted by molar-refractivity contribution is 1.00. The van der Waals surface area contributed by atoms with E-state index in [2.05, 4.69) is 47.1 Å². The number of thioether (sulfide) groups is 1. The zero-order chi connectivity index (χ0) is 17.2. The van der Waals surface area contributed by atoms with Crippen molar-refractivity contribution < 1.29 is 0 Å². The van der Waals surface area contributed by atoms with Crippen molar-refractivity contribution in [3.05, 3.63) is 70.7 Å². The number of allylic oxidation sites excluding steroid dienone is 3. The molecule has 0 saturated carbocycles. The van der Waals surface area contributed by atoms with Crippen LogP contribution >= 0.6 is 23.1 Å². The molecule has 0 aliphatic carbocycles. The Bertz CT molecular complexity index is 1010. The van der Waals surface area contributed by atoms with Crippen molar-refractivity contribution in [3.8, 4) is 6.07 Å². The fourth-order valence-corrected chi connectivity index (χ4v) is 4.87. The van der Waals surface area contributed by atoms with E-state index in [0.717, 1.165) is 26.8 Å². The van der Waals surface area contributed by atoms with E-state index in [1.54, 1.807) is 23.1 Å². The summed E-state index contributed by atoms with van der Waals surface area (Å²) >= 11 is 3.29. The summed E-state index contributed by atoms with van der Waals surface area (Å²) in [5.41, 5.74) is 2.77. The van der Waals surface area contributed by atoms with Gasteiger partial charge in [-0.05, 0) is 43.3 Å². The standard InChI is InChI=1S/C20H15N3S2/c1-2-23-16-8-4-6-10-18(16)24-19(23)12-11-14(13-21)20-22-15-7-3-5-9-17(15)25-20/h3-12H,2H2,1H3/b14-11+,19-12-. The smallest absolute Gasteiger partial charge is 0.135 e. The summed E-state index contributed by atoms with van der Waals surface area (Å²) in [5, 5.41) is 11.5. The summed E-state index contributed by atoms with van der Waals surface area (Å²) in [6, 6.07) is 18.6. The van der Waals surface area contributed by atoms with Crippen LogP contribution in [0.25, 0.3) is 15.8 Å². The van der Waals surface area contributed by atoms with Gasteiger partial charge in [-0.3, -0.25) is 0 Å². The normalized spacial score (nSPS) is 15.6. The minimum Gasteiger partial charge on any atom is -0.335 e. The molecule has 0 radical (unpaired) electrons. The molecule has 1 aliphatic rings. The van der Waals surface area contributed by atoms with Crippen LogP contribution in [0.2, 0.25) is 0 Å². The van der Waals surface area contributed by atoms with E-state index in [9.17, 15) is 5.26 Å². The minimum atomic E-state index is 0.598. The van der Waals surface area contributed by atoms with Gasteiger partial charge >= 0.3 is 0 Å². The molecule has 122 valence electrons. The first-order valence-corrected chi connectivity index (χ1v) is 9.66. The second-order valence-corrected chi connectivity index (χ2v) is 7.59. The monoisotopic (exact) mass is 361 g/mol. The maximum Gasteiger partial charge on any atom is 0.135 e. The van der Waals surface area contributed by atoms with Gasteiger partial charge in [0.1, 0.15) is 11.1 Å². The predicted octanol–water partition coefficient (Wildman–Crippen LogP) is 5.68. The molecule has 0 fully saturated rings. The molecule has 0 amide bonds. The first-order chi connectivity index (χ1) is 12.3. The molecule has 4 rings (SSSR count). The van der Waals surface area contributed by atoms with Gasteiger partial charge < -0.3 is 4.90 Å². The zero-order valence-electron chi connectivity index (χ0n) is 13.6. The van der Waals surface area contributed by atoms with Crippen LogP contribution in [-0.2, 0) is 0 Å². The van der Waals surface area contributed by atoms with E-state index in [1.165, 1.54) is 10.6 Å². The average molecular weight is 361 g/mol. The number of nitriles is 1. The van der Waals surface area contributed by atoms with Gasteiger partial charge in [-0.15, -0.1) is 11.3 Å². The van der Waals surface area contributed by atoms with Crippen LogP contribution in [0.4, 0.5) is 5.69 Å². The van der Waals surface area contributed by atoms with E-state index >= 15 is 0 Å². The average Bonchev–Trinajstić information content (AvgIpc) is 3.23. The molecule has 0 saturated heterocycles. The molecule has 0 N–H and O–H groups in total. The van der Waals surface area contributed by atoms with Crippen LogP contribution in [-0.4, -0.2) is 11.5 Å². The predicted molar refractivity (Wildman–Crippen MR) is 107 cm³/mol. The lowest BCUT2D eigenvalue weighted by Crippen LogP contribution is -2.16.